The molecule has 102 valence electrons. The molecule has 0 aliphatic heterocycles. The standard InChI is InChI=1S/C13H10N2O5/c14-13(18)19-11(16)5-6-12(17)20-15-8-7-9-3-1-2-4-10(9)15/h1-8H,(H2,14,18)/b6-5+. The predicted molar refractivity (Wildman–Crippen MR) is 68.3 cm³/mol. The molecule has 0 fully saturated rings. The molecule has 2 N–H and O–H groups in total. The fourth-order valence-corrected chi connectivity index (χ4v) is 1.53. The molecule has 0 aliphatic carbocycles. The highest BCUT2D eigenvalue weighted by molar-refractivity contribution is 5.96. The molecule has 0 aliphatic rings. The van der Waals surface area contributed by atoms with E-state index in [9.17, 15) is 14.4 Å². The fourth-order valence-electron chi connectivity index (χ4n) is 1.53. The Bertz CT molecular complexity index is 702. The van der Waals surface area contributed by atoms with E-state index in [1.165, 1.54) is 4.73 Å². The Morgan fingerprint density at radius 1 is 1.05 bits per heavy atom. The van der Waals surface area contributed by atoms with E-state index in [0.29, 0.717) is 5.52 Å². The summed E-state index contributed by atoms with van der Waals surface area (Å²) in [6.45, 7) is 0. The van der Waals surface area contributed by atoms with Crippen molar-refractivity contribution >= 4 is 28.9 Å². The van der Waals surface area contributed by atoms with Gasteiger partial charge in [0.1, 0.15) is 0 Å². The van der Waals surface area contributed by atoms with E-state index in [4.69, 9.17) is 4.84 Å². The molecule has 0 saturated heterocycles. The number of fused-ring (bicyclic) bond motifs is 1. The molecular weight excluding hydrogens is 264 g/mol. The molecule has 0 bridgehead atoms. The predicted octanol–water partition coefficient (Wildman–Crippen LogP) is 0.775. The minimum absolute atomic E-state index is 0.703. The Kier molecular flexibility index (Phi) is 3.80. The van der Waals surface area contributed by atoms with Crippen molar-refractivity contribution in [1.29, 1.82) is 0 Å². The summed E-state index contributed by atoms with van der Waals surface area (Å²) < 4.78 is 5.27. The molecular formula is C13H10N2O5. The first-order chi connectivity index (χ1) is 9.56. The van der Waals surface area contributed by atoms with Gasteiger partial charge in [0.25, 0.3) is 0 Å². The number of carbonyl (C=O) groups excluding carboxylic acids is 3. The first kappa shape index (κ1) is 13.3. The van der Waals surface area contributed by atoms with Crippen LogP contribution < -0.4 is 10.6 Å². The van der Waals surface area contributed by atoms with Crippen molar-refractivity contribution in [2.45, 2.75) is 0 Å². The van der Waals surface area contributed by atoms with E-state index >= 15 is 0 Å². The van der Waals surface area contributed by atoms with Crippen LogP contribution in [0.5, 0.6) is 0 Å². The Hall–Kier alpha value is -3.09. The van der Waals surface area contributed by atoms with Gasteiger partial charge in [-0.25, -0.2) is 14.4 Å². The van der Waals surface area contributed by atoms with E-state index in [2.05, 4.69) is 10.5 Å². The van der Waals surface area contributed by atoms with Crippen LogP contribution in [0.1, 0.15) is 0 Å². The van der Waals surface area contributed by atoms with Crippen molar-refractivity contribution in [3.63, 3.8) is 0 Å². The molecule has 7 heteroatoms. The fraction of sp³-hybridized carbons (Fsp3) is 0. The second kappa shape index (κ2) is 5.70. The number of nitrogens with two attached hydrogens (primary N) is 1. The molecule has 0 unspecified atom stereocenters. The normalized spacial score (nSPS) is 10.6. The van der Waals surface area contributed by atoms with Gasteiger partial charge in [-0.15, -0.1) is 0 Å². The first-order valence-corrected chi connectivity index (χ1v) is 5.54. The van der Waals surface area contributed by atoms with Gasteiger partial charge in [-0.1, -0.05) is 18.2 Å². The van der Waals surface area contributed by atoms with Crippen LogP contribution in [0.2, 0.25) is 0 Å². The van der Waals surface area contributed by atoms with Crippen LogP contribution in [0.15, 0.2) is 48.7 Å². The quantitative estimate of drug-likeness (QED) is 0.506. The summed E-state index contributed by atoms with van der Waals surface area (Å²) in [7, 11) is 0. The molecule has 2 rings (SSSR count). The SMILES string of the molecule is NC(=O)OC(=O)/C=C/C(=O)On1ccc2ccccc21. The molecule has 1 aromatic heterocycles. The Labute approximate surface area is 113 Å². The summed E-state index contributed by atoms with van der Waals surface area (Å²) in [6, 6.07) is 9.06. The summed E-state index contributed by atoms with van der Waals surface area (Å²) in [4.78, 5) is 37.7. The van der Waals surface area contributed by atoms with Crippen LogP contribution in [-0.4, -0.2) is 22.8 Å². The van der Waals surface area contributed by atoms with Crippen molar-refractivity contribution in [2.24, 2.45) is 5.73 Å². The van der Waals surface area contributed by atoms with Gasteiger partial charge < -0.3 is 15.3 Å². The smallest absolute Gasteiger partial charge is 0.373 e. The number of amides is 1. The molecule has 0 spiro atoms. The second-order valence-electron chi connectivity index (χ2n) is 3.68. The highest BCUT2D eigenvalue weighted by Gasteiger charge is 2.06. The summed E-state index contributed by atoms with van der Waals surface area (Å²) in [5.74, 6) is -1.85. The van der Waals surface area contributed by atoms with E-state index in [1.807, 2.05) is 12.1 Å². The van der Waals surface area contributed by atoms with Crippen molar-refractivity contribution in [3.8, 4) is 0 Å². The Morgan fingerprint density at radius 3 is 2.50 bits per heavy atom. The second-order valence-corrected chi connectivity index (χ2v) is 3.68. The Morgan fingerprint density at radius 2 is 1.75 bits per heavy atom. The topological polar surface area (TPSA) is 101 Å². The first-order valence-electron chi connectivity index (χ1n) is 5.54. The number of esters is 1. The summed E-state index contributed by atoms with van der Waals surface area (Å²) in [5.41, 5.74) is 5.34. The lowest BCUT2D eigenvalue weighted by atomic mass is 10.3. The lowest BCUT2D eigenvalue weighted by Gasteiger charge is -2.03. The lowest BCUT2D eigenvalue weighted by molar-refractivity contribution is -0.138. The van der Waals surface area contributed by atoms with Crippen LogP contribution in [0, 0.1) is 0 Å². The van der Waals surface area contributed by atoms with E-state index in [-0.39, 0.29) is 0 Å². The van der Waals surface area contributed by atoms with Crippen molar-refractivity contribution in [1.82, 2.24) is 4.73 Å². The van der Waals surface area contributed by atoms with Crippen LogP contribution in [-0.2, 0) is 14.3 Å². The van der Waals surface area contributed by atoms with Crippen molar-refractivity contribution in [2.75, 3.05) is 0 Å². The Balaban J connectivity index is 2.03. The van der Waals surface area contributed by atoms with E-state index in [0.717, 1.165) is 17.5 Å². The third-order valence-electron chi connectivity index (χ3n) is 2.31. The number of primary amides is 1. The van der Waals surface area contributed by atoms with Crippen molar-refractivity contribution < 1.29 is 24.0 Å². The number of para-hydroxylation sites is 1. The van der Waals surface area contributed by atoms with Crippen LogP contribution >= 0.6 is 0 Å². The van der Waals surface area contributed by atoms with Crippen LogP contribution in [0.4, 0.5) is 4.79 Å². The highest BCUT2D eigenvalue weighted by atomic mass is 16.7. The number of hydrogen-bond donors (Lipinski definition) is 1. The summed E-state index contributed by atoms with van der Waals surface area (Å²) in [6.07, 6.45) is 1.90. The largest absolute Gasteiger partial charge is 0.412 e. The molecule has 0 saturated carbocycles. The molecule has 0 radical (unpaired) electrons. The number of nitrogens with zero attached hydrogens (tertiary/aromatic N) is 1. The zero-order valence-electron chi connectivity index (χ0n) is 10.2. The molecule has 1 heterocycles. The minimum atomic E-state index is -1.25. The van der Waals surface area contributed by atoms with Crippen LogP contribution in [0.25, 0.3) is 10.9 Å². The van der Waals surface area contributed by atoms with Gasteiger partial charge in [0.2, 0.25) is 0 Å². The highest BCUT2D eigenvalue weighted by Crippen LogP contribution is 2.13. The van der Waals surface area contributed by atoms with Gasteiger partial charge >= 0.3 is 18.0 Å². The molecule has 0 atom stereocenters. The third-order valence-corrected chi connectivity index (χ3v) is 2.31. The number of aromatic nitrogens is 1. The maximum atomic E-state index is 11.5. The average Bonchev–Trinajstić information content (AvgIpc) is 2.79. The monoisotopic (exact) mass is 274 g/mol. The van der Waals surface area contributed by atoms with Crippen molar-refractivity contribution in [3.05, 3.63) is 48.7 Å². The molecule has 7 nitrogen and oxygen atoms in total. The maximum absolute atomic E-state index is 11.5. The zero-order chi connectivity index (χ0) is 14.5. The van der Waals surface area contributed by atoms with E-state index in [1.54, 1.807) is 24.4 Å². The number of ether oxygens (including phenoxy) is 1. The zero-order valence-corrected chi connectivity index (χ0v) is 10.2. The summed E-state index contributed by atoms with van der Waals surface area (Å²) >= 11 is 0. The third kappa shape index (κ3) is 3.22. The maximum Gasteiger partial charge on any atom is 0.412 e. The average molecular weight is 274 g/mol. The molecule has 20 heavy (non-hydrogen) atoms. The number of carbonyl (C=O) groups is 3. The number of benzene rings is 1. The molecule has 1 amide bonds. The lowest BCUT2D eigenvalue weighted by Crippen LogP contribution is -2.19. The number of rotatable bonds is 3. The minimum Gasteiger partial charge on any atom is -0.373 e. The van der Waals surface area contributed by atoms with Gasteiger partial charge in [-0.2, -0.15) is 4.73 Å². The van der Waals surface area contributed by atoms with Gasteiger partial charge in [-0.3, -0.25) is 0 Å². The summed E-state index contributed by atoms with van der Waals surface area (Å²) in [5, 5.41) is 0.900. The number of hydrogen-bond acceptors (Lipinski definition) is 5. The van der Waals surface area contributed by atoms with Crippen LogP contribution in [0.3, 0.4) is 0 Å². The van der Waals surface area contributed by atoms with Gasteiger partial charge in [0.05, 0.1) is 5.52 Å². The van der Waals surface area contributed by atoms with Gasteiger partial charge in [-0.05, 0) is 12.1 Å². The molecule has 1 aromatic carbocycles. The van der Waals surface area contributed by atoms with E-state index < -0.39 is 18.0 Å². The molecule has 2 aromatic rings. The van der Waals surface area contributed by atoms with Gasteiger partial charge in [0, 0.05) is 23.7 Å². The van der Waals surface area contributed by atoms with Gasteiger partial charge in [0.15, 0.2) is 0 Å².